The lowest BCUT2D eigenvalue weighted by atomic mass is 9.96. The van der Waals surface area contributed by atoms with Crippen LogP contribution in [0, 0.1) is 0 Å². The molecule has 0 bridgehead atoms. The number of likely N-dealkylation sites (tertiary alicyclic amines) is 1. The predicted octanol–water partition coefficient (Wildman–Crippen LogP) is 1.59. The zero-order valence-electron chi connectivity index (χ0n) is 11.8. The lowest BCUT2D eigenvalue weighted by Crippen LogP contribution is -2.55. The molecule has 0 saturated carbocycles. The molecule has 114 valence electrons. The number of rotatable bonds is 4. The van der Waals surface area contributed by atoms with Gasteiger partial charge in [0.05, 0.1) is 6.04 Å². The minimum Gasteiger partial charge on any atom is -0.480 e. The number of carbonyl (C=O) groups is 2. The van der Waals surface area contributed by atoms with Gasteiger partial charge in [0.2, 0.25) is 0 Å². The number of nitrogens with two attached hydrogens (primary N) is 1. The molecule has 0 aliphatic carbocycles. The second kappa shape index (κ2) is 7.08. The summed E-state index contributed by atoms with van der Waals surface area (Å²) in [6.45, 7) is 0.657. The van der Waals surface area contributed by atoms with Crippen molar-refractivity contribution in [2.24, 2.45) is 5.73 Å². The van der Waals surface area contributed by atoms with Crippen LogP contribution in [0.3, 0.4) is 0 Å². The molecule has 2 rings (SSSR count). The molecule has 6 nitrogen and oxygen atoms in total. The topological polar surface area (TPSA) is 92.9 Å². The highest BCUT2D eigenvalue weighted by atomic mass is 16.6. The Morgan fingerprint density at radius 2 is 2.05 bits per heavy atom. The Balaban J connectivity index is 1.97. The average Bonchev–Trinajstić information content (AvgIpc) is 2.52. The number of carboxylic acids is 1. The van der Waals surface area contributed by atoms with E-state index < -0.39 is 24.1 Å². The first-order valence-corrected chi connectivity index (χ1v) is 7.05. The van der Waals surface area contributed by atoms with Crippen LogP contribution >= 0.6 is 0 Å². The quantitative estimate of drug-likeness (QED) is 0.879. The van der Waals surface area contributed by atoms with E-state index in [2.05, 4.69) is 0 Å². The molecule has 3 N–H and O–H groups in total. The highest BCUT2D eigenvalue weighted by Crippen LogP contribution is 2.20. The van der Waals surface area contributed by atoms with Crippen LogP contribution in [0.25, 0.3) is 0 Å². The third-order valence-corrected chi connectivity index (χ3v) is 3.69. The van der Waals surface area contributed by atoms with Crippen LogP contribution in [0.5, 0.6) is 0 Å². The number of benzene rings is 1. The maximum Gasteiger partial charge on any atom is 0.410 e. The predicted molar refractivity (Wildman–Crippen MR) is 76.6 cm³/mol. The van der Waals surface area contributed by atoms with Crippen molar-refractivity contribution in [1.82, 2.24) is 4.90 Å². The van der Waals surface area contributed by atoms with E-state index in [1.54, 1.807) is 0 Å². The highest BCUT2D eigenvalue weighted by molar-refractivity contribution is 5.76. The van der Waals surface area contributed by atoms with Gasteiger partial charge in [0.25, 0.3) is 0 Å². The third-order valence-electron chi connectivity index (χ3n) is 3.69. The zero-order valence-corrected chi connectivity index (χ0v) is 11.8. The number of amides is 1. The zero-order chi connectivity index (χ0) is 15.2. The SMILES string of the molecule is NC(C(=O)O)C1CCCCN1C(=O)OCc1ccccc1. The molecule has 1 aliphatic rings. The van der Waals surface area contributed by atoms with Crippen molar-refractivity contribution in [3.8, 4) is 0 Å². The summed E-state index contributed by atoms with van der Waals surface area (Å²) in [5, 5.41) is 9.04. The van der Waals surface area contributed by atoms with Crippen LogP contribution in [-0.2, 0) is 16.1 Å². The van der Waals surface area contributed by atoms with Crippen LogP contribution in [0.15, 0.2) is 30.3 Å². The molecule has 1 fully saturated rings. The minimum atomic E-state index is -1.09. The van der Waals surface area contributed by atoms with Crippen molar-refractivity contribution in [2.45, 2.75) is 38.0 Å². The van der Waals surface area contributed by atoms with Gasteiger partial charge in [0.15, 0.2) is 0 Å². The summed E-state index contributed by atoms with van der Waals surface area (Å²) in [6.07, 6.45) is 1.80. The van der Waals surface area contributed by atoms with Crippen molar-refractivity contribution in [1.29, 1.82) is 0 Å². The summed E-state index contributed by atoms with van der Waals surface area (Å²) in [6, 6.07) is 7.78. The number of carbonyl (C=O) groups excluding carboxylic acids is 1. The van der Waals surface area contributed by atoms with E-state index in [-0.39, 0.29) is 6.61 Å². The van der Waals surface area contributed by atoms with Crippen LogP contribution in [0.1, 0.15) is 24.8 Å². The molecule has 0 radical (unpaired) electrons. The van der Waals surface area contributed by atoms with E-state index in [0.29, 0.717) is 13.0 Å². The maximum absolute atomic E-state index is 12.2. The lowest BCUT2D eigenvalue weighted by molar-refractivity contribution is -0.140. The van der Waals surface area contributed by atoms with E-state index in [1.807, 2.05) is 30.3 Å². The van der Waals surface area contributed by atoms with Gasteiger partial charge < -0.3 is 20.5 Å². The van der Waals surface area contributed by atoms with Gasteiger partial charge in [-0.2, -0.15) is 0 Å². The maximum atomic E-state index is 12.2. The summed E-state index contributed by atoms with van der Waals surface area (Å²) >= 11 is 0. The van der Waals surface area contributed by atoms with Crippen molar-refractivity contribution in [2.75, 3.05) is 6.54 Å². The van der Waals surface area contributed by atoms with E-state index >= 15 is 0 Å². The number of carboxylic acid groups (broad SMARTS) is 1. The lowest BCUT2D eigenvalue weighted by Gasteiger charge is -2.36. The fourth-order valence-corrected chi connectivity index (χ4v) is 2.52. The number of hydrogen-bond donors (Lipinski definition) is 2. The van der Waals surface area contributed by atoms with Gasteiger partial charge in [-0.05, 0) is 24.8 Å². The molecular weight excluding hydrogens is 272 g/mol. The Labute approximate surface area is 123 Å². The molecule has 1 amide bonds. The number of aliphatic carboxylic acids is 1. The first-order valence-electron chi connectivity index (χ1n) is 7.05. The van der Waals surface area contributed by atoms with Crippen LogP contribution in [-0.4, -0.2) is 40.7 Å². The summed E-state index contributed by atoms with van der Waals surface area (Å²) in [5.41, 5.74) is 6.57. The van der Waals surface area contributed by atoms with E-state index in [9.17, 15) is 9.59 Å². The molecule has 2 atom stereocenters. The standard InChI is InChI=1S/C15H20N2O4/c16-13(14(18)19)12-8-4-5-9-17(12)15(20)21-10-11-6-2-1-3-7-11/h1-3,6-7,12-13H,4-5,8-10,16H2,(H,18,19). The third kappa shape index (κ3) is 3.95. The van der Waals surface area contributed by atoms with Gasteiger partial charge in [-0.15, -0.1) is 0 Å². The minimum absolute atomic E-state index is 0.172. The fourth-order valence-electron chi connectivity index (χ4n) is 2.52. The Bertz CT molecular complexity index is 492. The van der Waals surface area contributed by atoms with Crippen molar-refractivity contribution < 1.29 is 19.4 Å². The first-order chi connectivity index (χ1) is 10.1. The van der Waals surface area contributed by atoms with Gasteiger partial charge in [0.1, 0.15) is 12.6 Å². The Kier molecular flexibility index (Phi) is 5.16. The van der Waals surface area contributed by atoms with Crippen molar-refractivity contribution >= 4 is 12.1 Å². The van der Waals surface area contributed by atoms with Crippen molar-refractivity contribution in [3.05, 3.63) is 35.9 Å². The molecule has 0 spiro atoms. The summed E-state index contributed by atoms with van der Waals surface area (Å²) < 4.78 is 5.27. The second-order valence-corrected chi connectivity index (χ2v) is 5.16. The average molecular weight is 292 g/mol. The van der Waals surface area contributed by atoms with Crippen LogP contribution in [0.4, 0.5) is 4.79 Å². The largest absolute Gasteiger partial charge is 0.480 e. The monoisotopic (exact) mass is 292 g/mol. The Hall–Kier alpha value is -2.08. The number of nitrogens with zero attached hydrogens (tertiary/aromatic N) is 1. The molecule has 1 aromatic carbocycles. The fraction of sp³-hybridized carbons (Fsp3) is 0.467. The summed E-state index contributed by atoms with van der Waals surface area (Å²) in [4.78, 5) is 24.7. The van der Waals surface area contributed by atoms with Gasteiger partial charge in [-0.25, -0.2) is 4.79 Å². The van der Waals surface area contributed by atoms with Crippen LogP contribution in [0.2, 0.25) is 0 Å². The Morgan fingerprint density at radius 3 is 2.71 bits per heavy atom. The van der Waals surface area contributed by atoms with E-state index in [1.165, 1.54) is 4.90 Å². The summed E-state index contributed by atoms with van der Waals surface area (Å²) in [7, 11) is 0. The first kappa shape index (κ1) is 15.3. The van der Waals surface area contributed by atoms with E-state index in [4.69, 9.17) is 15.6 Å². The highest BCUT2D eigenvalue weighted by Gasteiger charge is 2.35. The molecule has 21 heavy (non-hydrogen) atoms. The summed E-state index contributed by atoms with van der Waals surface area (Å²) in [5.74, 6) is -1.09. The molecule has 1 aliphatic heterocycles. The van der Waals surface area contributed by atoms with E-state index in [0.717, 1.165) is 18.4 Å². The van der Waals surface area contributed by atoms with Gasteiger partial charge in [0, 0.05) is 6.54 Å². The molecular formula is C15H20N2O4. The molecule has 6 heteroatoms. The smallest absolute Gasteiger partial charge is 0.410 e. The number of ether oxygens (including phenoxy) is 1. The normalized spacial score (nSPS) is 19.9. The van der Waals surface area contributed by atoms with Crippen LogP contribution < -0.4 is 5.73 Å². The molecule has 1 saturated heterocycles. The Morgan fingerprint density at radius 1 is 1.33 bits per heavy atom. The van der Waals surface area contributed by atoms with Gasteiger partial charge in [-0.3, -0.25) is 4.79 Å². The van der Waals surface area contributed by atoms with Gasteiger partial charge in [-0.1, -0.05) is 30.3 Å². The number of hydrogen-bond acceptors (Lipinski definition) is 4. The molecule has 1 aromatic rings. The van der Waals surface area contributed by atoms with Gasteiger partial charge >= 0.3 is 12.1 Å². The molecule has 1 heterocycles. The number of piperidine rings is 1. The molecule has 0 aromatic heterocycles. The molecule has 2 unspecified atom stereocenters. The van der Waals surface area contributed by atoms with Crippen molar-refractivity contribution in [3.63, 3.8) is 0 Å². The second-order valence-electron chi connectivity index (χ2n) is 5.16.